The zero-order chi connectivity index (χ0) is 15.2. The molecule has 0 radical (unpaired) electrons. The summed E-state index contributed by atoms with van der Waals surface area (Å²) in [6.45, 7) is 2.36. The van der Waals surface area contributed by atoms with E-state index < -0.39 is 0 Å². The van der Waals surface area contributed by atoms with Crippen molar-refractivity contribution in [1.82, 2.24) is 4.98 Å². The van der Waals surface area contributed by atoms with E-state index in [-0.39, 0.29) is 6.42 Å². The summed E-state index contributed by atoms with van der Waals surface area (Å²) >= 11 is 3.51. The highest BCUT2D eigenvalue weighted by Gasteiger charge is 2.10. The van der Waals surface area contributed by atoms with Gasteiger partial charge in [0.05, 0.1) is 25.3 Å². The minimum Gasteiger partial charge on any atom is -0.496 e. The third-order valence-electron chi connectivity index (χ3n) is 3.12. The number of halogens is 1. The number of nitriles is 1. The Morgan fingerprint density at radius 3 is 2.81 bits per heavy atom. The first-order valence-corrected chi connectivity index (χ1v) is 7.22. The summed E-state index contributed by atoms with van der Waals surface area (Å²) in [4.78, 5) is 4.29. The minimum absolute atomic E-state index is 0.274. The highest BCUT2D eigenvalue weighted by molar-refractivity contribution is 9.10. The molecule has 0 aliphatic rings. The van der Waals surface area contributed by atoms with Crippen molar-refractivity contribution in [3.63, 3.8) is 0 Å². The highest BCUT2D eigenvalue weighted by atomic mass is 79.9. The zero-order valence-corrected chi connectivity index (χ0v) is 13.5. The predicted molar refractivity (Wildman–Crippen MR) is 83.3 cm³/mol. The average Bonchev–Trinajstić information content (AvgIpc) is 2.49. The lowest BCUT2D eigenvalue weighted by Crippen LogP contribution is -2.03. The molecule has 0 amide bonds. The summed E-state index contributed by atoms with van der Waals surface area (Å²) in [5.74, 6) is 1.29. The van der Waals surface area contributed by atoms with Crippen LogP contribution in [0.25, 0.3) is 0 Å². The van der Waals surface area contributed by atoms with Crippen molar-refractivity contribution in [2.45, 2.75) is 20.0 Å². The lowest BCUT2D eigenvalue weighted by Gasteiger charge is -2.14. The molecule has 0 fully saturated rings. The molecule has 0 aliphatic carbocycles. The first kappa shape index (κ1) is 15.3. The van der Waals surface area contributed by atoms with E-state index >= 15 is 0 Å². The van der Waals surface area contributed by atoms with E-state index in [1.165, 1.54) is 0 Å². The van der Waals surface area contributed by atoms with E-state index in [1.54, 1.807) is 19.2 Å². The van der Waals surface area contributed by atoms with Crippen LogP contribution in [0.2, 0.25) is 0 Å². The van der Waals surface area contributed by atoms with E-state index in [9.17, 15) is 0 Å². The molecular weight excluding hydrogens is 332 g/mol. The van der Waals surface area contributed by atoms with E-state index in [4.69, 9.17) is 14.7 Å². The maximum absolute atomic E-state index is 8.70. The van der Waals surface area contributed by atoms with Gasteiger partial charge in [0, 0.05) is 16.1 Å². The summed E-state index contributed by atoms with van der Waals surface area (Å²) < 4.78 is 12.1. The van der Waals surface area contributed by atoms with E-state index in [2.05, 4.69) is 27.0 Å². The van der Waals surface area contributed by atoms with Gasteiger partial charge in [-0.1, -0.05) is 22.0 Å². The molecule has 0 unspecified atom stereocenters. The SMILES string of the molecule is COc1ccc(Br)c(C)c1COc1cccc(CC#N)n1. The molecule has 1 aromatic heterocycles. The number of nitrogens with zero attached hydrogens (tertiary/aromatic N) is 2. The number of methoxy groups -OCH3 is 1. The monoisotopic (exact) mass is 346 g/mol. The number of aromatic nitrogens is 1. The molecule has 0 atom stereocenters. The number of pyridine rings is 1. The zero-order valence-electron chi connectivity index (χ0n) is 11.9. The predicted octanol–water partition coefficient (Wildman–Crippen LogP) is 3.81. The fourth-order valence-electron chi connectivity index (χ4n) is 1.94. The van der Waals surface area contributed by atoms with Crippen molar-refractivity contribution in [2.75, 3.05) is 7.11 Å². The van der Waals surface area contributed by atoms with Crippen LogP contribution in [0.4, 0.5) is 0 Å². The van der Waals surface area contributed by atoms with Crippen LogP contribution in [0.5, 0.6) is 11.6 Å². The number of ether oxygens (including phenoxy) is 2. The third-order valence-corrected chi connectivity index (χ3v) is 3.97. The van der Waals surface area contributed by atoms with Gasteiger partial charge in [-0.15, -0.1) is 0 Å². The normalized spacial score (nSPS) is 10.0. The van der Waals surface area contributed by atoms with E-state index in [1.807, 2.05) is 25.1 Å². The van der Waals surface area contributed by atoms with Gasteiger partial charge in [-0.3, -0.25) is 0 Å². The maximum atomic E-state index is 8.70. The van der Waals surface area contributed by atoms with Crippen molar-refractivity contribution >= 4 is 15.9 Å². The van der Waals surface area contributed by atoms with Gasteiger partial charge in [-0.25, -0.2) is 4.98 Å². The van der Waals surface area contributed by atoms with Gasteiger partial charge in [-0.2, -0.15) is 5.26 Å². The average molecular weight is 347 g/mol. The fraction of sp³-hybridized carbons (Fsp3) is 0.250. The lowest BCUT2D eigenvalue weighted by molar-refractivity contribution is 0.284. The summed E-state index contributed by atoms with van der Waals surface area (Å²) in [6, 6.07) is 11.3. The molecule has 0 aliphatic heterocycles. The second-order valence-electron chi connectivity index (χ2n) is 4.44. The van der Waals surface area contributed by atoms with Crippen molar-refractivity contribution in [3.05, 3.63) is 51.6 Å². The fourth-order valence-corrected chi connectivity index (χ4v) is 2.31. The highest BCUT2D eigenvalue weighted by Crippen LogP contribution is 2.29. The maximum Gasteiger partial charge on any atom is 0.213 e. The molecule has 2 rings (SSSR count). The Hall–Kier alpha value is -2.06. The van der Waals surface area contributed by atoms with Gasteiger partial charge in [0.2, 0.25) is 5.88 Å². The van der Waals surface area contributed by atoms with Gasteiger partial charge in [0.1, 0.15) is 12.4 Å². The van der Waals surface area contributed by atoms with E-state index in [0.717, 1.165) is 21.3 Å². The summed E-state index contributed by atoms with van der Waals surface area (Å²) in [7, 11) is 1.64. The number of hydrogen-bond donors (Lipinski definition) is 0. The van der Waals surface area contributed by atoms with Crippen LogP contribution in [-0.2, 0) is 13.0 Å². The first-order chi connectivity index (χ1) is 10.2. The molecule has 21 heavy (non-hydrogen) atoms. The molecule has 0 N–H and O–H groups in total. The Balaban J connectivity index is 2.18. The summed E-state index contributed by atoms with van der Waals surface area (Å²) in [6.07, 6.45) is 0.274. The second-order valence-corrected chi connectivity index (χ2v) is 5.30. The molecule has 2 aromatic rings. The van der Waals surface area contributed by atoms with Gasteiger partial charge in [0.15, 0.2) is 0 Å². The topological polar surface area (TPSA) is 55.1 Å². The molecule has 0 spiro atoms. The van der Waals surface area contributed by atoms with Crippen LogP contribution in [0.1, 0.15) is 16.8 Å². The van der Waals surface area contributed by atoms with Crippen molar-refractivity contribution in [1.29, 1.82) is 5.26 Å². The van der Waals surface area contributed by atoms with Crippen molar-refractivity contribution < 1.29 is 9.47 Å². The molecule has 108 valence electrons. The standard InChI is InChI=1S/C16H15BrN2O2/c1-11-13(15(20-2)7-6-14(11)17)10-21-16-5-3-4-12(19-16)8-9-18/h3-7H,8,10H2,1-2H3. The lowest BCUT2D eigenvalue weighted by atomic mass is 10.1. The first-order valence-electron chi connectivity index (χ1n) is 6.43. The van der Waals surface area contributed by atoms with E-state index in [0.29, 0.717) is 18.2 Å². The molecule has 0 saturated heterocycles. The Bertz CT molecular complexity index is 680. The molecule has 1 aromatic carbocycles. The molecular formula is C16H15BrN2O2. The Kier molecular flexibility index (Phi) is 5.18. The largest absolute Gasteiger partial charge is 0.496 e. The van der Waals surface area contributed by atoms with Crippen LogP contribution < -0.4 is 9.47 Å². The minimum atomic E-state index is 0.274. The Labute approximate surface area is 132 Å². The van der Waals surface area contributed by atoms with Gasteiger partial charge in [0.25, 0.3) is 0 Å². The van der Waals surface area contributed by atoms with Crippen LogP contribution in [0.3, 0.4) is 0 Å². The van der Waals surface area contributed by atoms with Gasteiger partial charge in [-0.05, 0) is 30.7 Å². The second kappa shape index (κ2) is 7.09. The molecule has 0 saturated carbocycles. The molecule has 5 heteroatoms. The van der Waals surface area contributed by atoms with Crippen LogP contribution >= 0.6 is 15.9 Å². The quantitative estimate of drug-likeness (QED) is 0.825. The van der Waals surface area contributed by atoms with Gasteiger partial charge < -0.3 is 9.47 Å². The van der Waals surface area contributed by atoms with Crippen molar-refractivity contribution in [2.24, 2.45) is 0 Å². The number of hydrogen-bond acceptors (Lipinski definition) is 4. The molecule has 0 bridgehead atoms. The summed E-state index contributed by atoms with van der Waals surface area (Å²) in [5, 5.41) is 8.70. The Morgan fingerprint density at radius 2 is 2.10 bits per heavy atom. The van der Waals surface area contributed by atoms with Crippen LogP contribution in [-0.4, -0.2) is 12.1 Å². The number of rotatable bonds is 5. The van der Waals surface area contributed by atoms with Crippen LogP contribution in [0, 0.1) is 18.3 Å². The van der Waals surface area contributed by atoms with Crippen molar-refractivity contribution in [3.8, 4) is 17.7 Å². The Morgan fingerprint density at radius 1 is 1.29 bits per heavy atom. The van der Waals surface area contributed by atoms with Gasteiger partial charge >= 0.3 is 0 Å². The smallest absolute Gasteiger partial charge is 0.213 e. The molecule has 1 heterocycles. The van der Waals surface area contributed by atoms with Crippen LogP contribution in [0.15, 0.2) is 34.8 Å². The molecule has 4 nitrogen and oxygen atoms in total. The number of benzene rings is 1. The summed E-state index contributed by atoms with van der Waals surface area (Å²) in [5.41, 5.74) is 2.75. The third kappa shape index (κ3) is 3.73.